The Labute approximate surface area is 158 Å². The average Bonchev–Trinajstić information content (AvgIpc) is 2.62. The SMILES string of the molecule is Cc1nc(Nc2ccc(N3CCN(C)CC3)cc2)c2ccc(Cl)cc2n1. The number of aromatic nitrogens is 2. The summed E-state index contributed by atoms with van der Waals surface area (Å²) in [6, 6.07) is 14.2. The number of benzene rings is 2. The Hall–Kier alpha value is -2.37. The third-order valence-corrected chi connectivity index (χ3v) is 5.00. The van der Waals surface area contributed by atoms with E-state index in [-0.39, 0.29) is 0 Å². The molecule has 2 heterocycles. The summed E-state index contributed by atoms with van der Waals surface area (Å²) in [4.78, 5) is 13.8. The molecule has 1 fully saturated rings. The van der Waals surface area contributed by atoms with Gasteiger partial charge in [-0.05, 0) is 56.4 Å². The van der Waals surface area contributed by atoms with Crippen molar-refractivity contribution in [2.75, 3.05) is 43.4 Å². The molecule has 1 N–H and O–H groups in total. The topological polar surface area (TPSA) is 44.3 Å². The Morgan fingerprint density at radius 2 is 1.69 bits per heavy atom. The van der Waals surface area contributed by atoms with Gasteiger partial charge in [-0.2, -0.15) is 0 Å². The number of fused-ring (bicyclic) bond motifs is 1. The van der Waals surface area contributed by atoms with Crippen molar-refractivity contribution in [3.05, 3.63) is 53.3 Å². The van der Waals surface area contributed by atoms with Gasteiger partial charge < -0.3 is 15.1 Å². The van der Waals surface area contributed by atoms with Crippen LogP contribution in [0.4, 0.5) is 17.2 Å². The van der Waals surface area contributed by atoms with Crippen LogP contribution in [0.2, 0.25) is 5.02 Å². The van der Waals surface area contributed by atoms with Crippen LogP contribution < -0.4 is 10.2 Å². The van der Waals surface area contributed by atoms with Crippen LogP contribution in [0.5, 0.6) is 0 Å². The lowest BCUT2D eigenvalue weighted by Gasteiger charge is -2.34. The third kappa shape index (κ3) is 3.59. The second-order valence-electron chi connectivity index (χ2n) is 6.74. The number of anilines is 3. The summed E-state index contributed by atoms with van der Waals surface area (Å²) in [5, 5.41) is 5.06. The van der Waals surface area contributed by atoms with Crippen molar-refractivity contribution in [1.29, 1.82) is 0 Å². The molecule has 1 aromatic heterocycles. The van der Waals surface area contributed by atoms with E-state index in [4.69, 9.17) is 11.6 Å². The molecular weight excluding hydrogens is 346 g/mol. The van der Waals surface area contributed by atoms with Gasteiger partial charge in [-0.3, -0.25) is 0 Å². The first-order valence-electron chi connectivity index (χ1n) is 8.83. The first-order valence-corrected chi connectivity index (χ1v) is 9.21. The number of likely N-dealkylation sites (N-methyl/N-ethyl adjacent to an activating group) is 1. The van der Waals surface area contributed by atoms with Gasteiger partial charge >= 0.3 is 0 Å². The van der Waals surface area contributed by atoms with Gasteiger partial charge in [0.2, 0.25) is 0 Å². The summed E-state index contributed by atoms with van der Waals surface area (Å²) in [5.41, 5.74) is 3.12. The molecule has 0 atom stereocenters. The number of nitrogens with zero attached hydrogens (tertiary/aromatic N) is 4. The lowest BCUT2D eigenvalue weighted by Crippen LogP contribution is -2.44. The number of piperazine rings is 1. The number of hydrogen-bond donors (Lipinski definition) is 1. The Balaban J connectivity index is 1.57. The summed E-state index contributed by atoms with van der Waals surface area (Å²) in [5.74, 6) is 1.52. The molecule has 0 amide bonds. The molecule has 0 radical (unpaired) electrons. The molecule has 1 saturated heterocycles. The summed E-state index contributed by atoms with van der Waals surface area (Å²) in [6.45, 7) is 6.24. The predicted octanol–water partition coefficient (Wildman–Crippen LogP) is 4.09. The molecule has 26 heavy (non-hydrogen) atoms. The van der Waals surface area contributed by atoms with Gasteiger partial charge in [0.25, 0.3) is 0 Å². The van der Waals surface area contributed by atoms with Crippen LogP contribution in [-0.4, -0.2) is 48.1 Å². The number of halogens is 1. The van der Waals surface area contributed by atoms with E-state index in [9.17, 15) is 0 Å². The van der Waals surface area contributed by atoms with Crippen molar-refractivity contribution in [3.63, 3.8) is 0 Å². The van der Waals surface area contributed by atoms with E-state index in [1.165, 1.54) is 5.69 Å². The van der Waals surface area contributed by atoms with Crippen LogP contribution in [0.15, 0.2) is 42.5 Å². The fourth-order valence-corrected chi connectivity index (χ4v) is 3.44. The van der Waals surface area contributed by atoms with Gasteiger partial charge in [-0.15, -0.1) is 0 Å². The van der Waals surface area contributed by atoms with E-state index in [1.54, 1.807) is 0 Å². The summed E-state index contributed by atoms with van der Waals surface area (Å²) in [7, 11) is 2.17. The molecule has 1 aliphatic heterocycles. The molecule has 0 aliphatic carbocycles. The quantitative estimate of drug-likeness (QED) is 0.755. The molecule has 0 bridgehead atoms. The Kier molecular flexibility index (Phi) is 4.66. The highest BCUT2D eigenvalue weighted by molar-refractivity contribution is 6.31. The van der Waals surface area contributed by atoms with Crippen LogP contribution in [0.25, 0.3) is 10.9 Å². The number of nitrogens with one attached hydrogen (secondary N) is 1. The highest BCUT2D eigenvalue weighted by Crippen LogP contribution is 2.27. The van der Waals surface area contributed by atoms with Crippen LogP contribution in [-0.2, 0) is 0 Å². The maximum atomic E-state index is 6.10. The monoisotopic (exact) mass is 367 g/mol. The fraction of sp³-hybridized carbons (Fsp3) is 0.300. The van der Waals surface area contributed by atoms with Gasteiger partial charge in [0.1, 0.15) is 11.6 Å². The molecule has 0 unspecified atom stereocenters. The van der Waals surface area contributed by atoms with Crippen molar-refractivity contribution in [2.24, 2.45) is 0 Å². The molecule has 134 valence electrons. The fourth-order valence-electron chi connectivity index (χ4n) is 3.27. The molecule has 5 nitrogen and oxygen atoms in total. The van der Waals surface area contributed by atoms with Crippen molar-refractivity contribution >= 4 is 39.7 Å². The van der Waals surface area contributed by atoms with Gasteiger partial charge in [-0.1, -0.05) is 11.6 Å². The standard InChI is InChI=1S/C20H22ClN5/c1-14-22-19-13-15(21)3-8-18(19)20(23-14)24-16-4-6-17(7-5-16)26-11-9-25(2)10-12-26/h3-8,13H,9-12H2,1-2H3,(H,22,23,24). The first kappa shape index (κ1) is 17.1. The molecule has 3 aromatic rings. The van der Waals surface area contributed by atoms with Gasteiger partial charge in [0.05, 0.1) is 5.52 Å². The summed E-state index contributed by atoms with van der Waals surface area (Å²) >= 11 is 6.10. The van der Waals surface area contributed by atoms with E-state index in [2.05, 4.69) is 56.4 Å². The normalized spacial score (nSPS) is 15.4. The Bertz CT molecular complexity index is 912. The zero-order chi connectivity index (χ0) is 18.1. The van der Waals surface area contributed by atoms with Crippen molar-refractivity contribution in [1.82, 2.24) is 14.9 Å². The van der Waals surface area contributed by atoms with Crippen LogP contribution in [0, 0.1) is 6.92 Å². The lowest BCUT2D eigenvalue weighted by molar-refractivity contribution is 0.313. The van der Waals surface area contributed by atoms with E-state index >= 15 is 0 Å². The molecule has 6 heteroatoms. The van der Waals surface area contributed by atoms with Gasteiger partial charge in [0.15, 0.2) is 0 Å². The van der Waals surface area contributed by atoms with E-state index in [0.717, 1.165) is 54.4 Å². The maximum absolute atomic E-state index is 6.10. The Morgan fingerprint density at radius 1 is 0.962 bits per heavy atom. The average molecular weight is 368 g/mol. The largest absolute Gasteiger partial charge is 0.369 e. The summed E-state index contributed by atoms with van der Waals surface area (Å²) in [6.07, 6.45) is 0. The number of rotatable bonds is 3. The third-order valence-electron chi connectivity index (χ3n) is 4.77. The van der Waals surface area contributed by atoms with E-state index in [0.29, 0.717) is 5.02 Å². The van der Waals surface area contributed by atoms with Crippen molar-refractivity contribution < 1.29 is 0 Å². The molecule has 0 spiro atoms. The summed E-state index contributed by atoms with van der Waals surface area (Å²) < 4.78 is 0. The molecule has 0 saturated carbocycles. The van der Waals surface area contributed by atoms with Crippen LogP contribution >= 0.6 is 11.6 Å². The second kappa shape index (κ2) is 7.09. The van der Waals surface area contributed by atoms with Crippen molar-refractivity contribution in [2.45, 2.75) is 6.92 Å². The predicted molar refractivity (Wildman–Crippen MR) is 109 cm³/mol. The molecule has 4 rings (SSSR count). The van der Waals surface area contributed by atoms with Crippen LogP contribution in [0.3, 0.4) is 0 Å². The van der Waals surface area contributed by atoms with E-state index < -0.39 is 0 Å². The second-order valence-corrected chi connectivity index (χ2v) is 7.18. The van der Waals surface area contributed by atoms with Crippen LogP contribution in [0.1, 0.15) is 5.82 Å². The molecular formula is C20H22ClN5. The molecule has 2 aromatic carbocycles. The lowest BCUT2D eigenvalue weighted by atomic mass is 10.2. The Morgan fingerprint density at radius 3 is 2.42 bits per heavy atom. The van der Waals surface area contributed by atoms with E-state index in [1.807, 2.05) is 25.1 Å². The number of aryl methyl sites for hydroxylation is 1. The zero-order valence-electron chi connectivity index (χ0n) is 15.0. The van der Waals surface area contributed by atoms with Crippen molar-refractivity contribution in [3.8, 4) is 0 Å². The van der Waals surface area contributed by atoms with Gasteiger partial charge in [0, 0.05) is 48.0 Å². The minimum Gasteiger partial charge on any atom is -0.369 e. The minimum atomic E-state index is 0.679. The van der Waals surface area contributed by atoms with Gasteiger partial charge in [-0.25, -0.2) is 9.97 Å². The zero-order valence-corrected chi connectivity index (χ0v) is 15.8. The smallest absolute Gasteiger partial charge is 0.142 e. The highest BCUT2D eigenvalue weighted by atomic mass is 35.5. The highest BCUT2D eigenvalue weighted by Gasteiger charge is 2.14. The molecule has 1 aliphatic rings. The first-order chi connectivity index (χ1) is 12.6. The minimum absolute atomic E-state index is 0.679. The maximum Gasteiger partial charge on any atom is 0.142 e. The number of hydrogen-bond acceptors (Lipinski definition) is 5.